The Bertz CT molecular complexity index is 290. The van der Waals surface area contributed by atoms with Crippen LogP contribution in [-0.2, 0) is 13.0 Å². The van der Waals surface area contributed by atoms with Crippen molar-refractivity contribution in [3.8, 4) is 0 Å². The SMILES string of the molecule is C=CCC1CCc2ccccc2CN1. The fourth-order valence-electron chi connectivity index (χ4n) is 2.06. The van der Waals surface area contributed by atoms with Crippen molar-refractivity contribution in [2.75, 3.05) is 0 Å². The van der Waals surface area contributed by atoms with Crippen molar-refractivity contribution in [2.45, 2.75) is 31.8 Å². The molecule has 0 bridgehead atoms. The number of fused-ring (bicyclic) bond motifs is 1. The van der Waals surface area contributed by atoms with Gasteiger partial charge >= 0.3 is 0 Å². The van der Waals surface area contributed by atoms with Gasteiger partial charge in [0.15, 0.2) is 0 Å². The minimum atomic E-state index is 0.611. The Balaban J connectivity index is 2.10. The first-order valence-corrected chi connectivity index (χ1v) is 5.31. The molecular weight excluding hydrogens is 170 g/mol. The third-order valence-electron chi connectivity index (χ3n) is 2.91. The van der Waals surface area contributed by atoms with Crippen LogP contribution < -0.4 is 5.32 Å². The Morgan fingerprint density at radius 2 is 2.14 bits per heavy atom. The molecular formula is C13H17N. The fraction of sp³-hybridized carbons (Fsp3) is 0.385. The van der Waals surface area contributed by atoms with Gasteiger partial charge in [0, 0.05) is 12.6 Å². The van der Waals surface area contributed by atoms with Crippen LogP contribution >= 0.6 is 0 Å². The van der Waals surface area contributed by atoms with E-state index in [-0.39, 0.29) is 0 Å². The number of aryl methyl sites for hydroxylation is 1. The van der Waals surface area contributed by atoms with Gasteiger partial charge in [-0.2, -0.15) is 0 Å². The quantitative estimate of drug-likeness (QED) is 0.702. The minimum absolute atomic E-state index is 0.611. The molecule has 0 saturated carbocycles. The molecule has 2 rings (SSSR count). The first-order chi connectivity index (χ1) is 6.90. The van der Waals surface area contributed by atoms with Crippen molar-refractivity contribution in [3.63, 3.8) is 0 Å². The standard InChI is InChI=1S/C13H17N/c1-2-5-13-9-8-11-6-3-4-7-12(11)10-14-13/h2-4,6-7,13-14H,1,5,8-10H2. The van der Waals surface area contributed by atoms with E-state index < -0.39 is 0 Å². The smallest absolute Gasteiger partial charge is 0.0210 e. The van der Waals surface area contributed by atoms with E-state index in [9.17, 15) is 0 Å². The molecule has 14 heavy (non-hydrogen) atoms. The van der Waals surface area contributed by atoms with Crippen molar-refractivity contribution < 1.29 is 0 Å². The summed E-state index contributed by atoms with van der Waals surface area (Å²) in [6.45, 7) is 4.80. The molecule has 0 aromatic heterocycles. The zero-order valence-corrected chi connectivity index (χ0v) is 8.50. The summed E-state index contributed by atoms with van der Waals surface area (Å²) in [5, 5.41) is 3.57. The number of benzene rings is 1. The van der Waals surface area contributed by atoms with E-state index in [1.807, 2.05) is 6.08 Å². The van der Waals surface area contributed by atoms with E-state index in [1.165, 1.54) is 24.0 Å². The van der Waals surface area contributed by atoms with Crippen LogP contribution in [0.15, 0.2) is 36.9 Å². The Hall–Kier alpha value is -1.08. The second-order valence-electron chi connectivity index (χ2n) is 3.91. The molecule has 1 aliphatic rings. The molecule has 1 unspecified atom stereocenters. The zero-order chi connectivity index (χ0) is 9.80. The summed E-state index contributed by atoms with van der Waals surface area (Å²) in [7, 11) is 0. The number of hydrogen-bond donors (Lipinski definition) is 1. The van der Waals surface area contributed by atoms with E-state index in [0.717, 1.165) is 13.0 Å². The number of nitrogens with one attached hydrogen (secondary N) is 1. The molecule has 1 heterocycles. The second-order valence-corrected chi connectivity index (χ2v) is 3.91. The van der Waals surface area contributed by atoms with E-state index in [2.05, 4.69) is 36.2 Å². The minimum Gasteiger partial charge on any atom is -0.310 e. The number of hydrogen-bond acceptors (Lipinski definition) is 1. The van der Waals surface area contributed by atoms with Crippen molar-refractivity contribution >= 4 is 0 Å². The zero-order valence-electron chi connectivity index (χ0n) is 8.50. The fourth-order valence-corrected chi connectivity index (χ4v) is 2.06. The van der Waals surface area contributed by atoms with E-state index in [1.54, 1.807) is 0 Å². The first kappa shape index (κ1) is 9.47. The third kappa shape index (κ3) is 2.05. The topological polar surface area (TPSA) is 12.0 Å². The summed E-state index contributed by atoms with van der Waals surface area (Å²) in [6.07, 6.45) is 5.51. The predicted molar refractivity (Wildman–Crippen MR) is 60.2 cm³/mol. The normalized spacial score (nSPS) is 21.0. The molecule has 1 atom stereocenters. The molecule has 0 aliphatic carbocycles. The molecule has 1 N–H and O–H groups in total. The van der Waals surface area contributed by atoms with Crippen molar-refractivity contribution in [3.05, 3.63) is 48.0 Å². The summed E-state index contributed by atoms with van der Waals surface area (Å²) in [6, 6.07) is 9.33. The lowest BCUT2D eigenvalue weighted by Crippen LogP contribution is -2.26. The lowest BCUT2D eigenvalue weighted by atomic mass is 10.0. The molecule has 1 aromatic rings. The van der Waals surface area contributed by atoms with E-state index >= 15 is 0 Å². The average molecular weight is 187 g/mol. The van der Waals surface area contributed by atoms with Crippen molar-refractivity contribution in [1.29, 1.82) is 0 Å². The monoisotopic (exact) mass is 187 g/mol. The molecule has 1 nitrogen and oxygen atoms in total. The molecule has 0 spiro atoms. The molecule has 1 aliphatic heterocycles. The molecule has 0 fully saturated rings. The highest BCUT2D eigenvalue weighted by molar-refractivity contribution is 5.28. The maximum Gasteiger partial charge on any atom is 0.0210 e. The lowest BCUT2D eigenvalue weighted by Gasteiger charge is -2.12. The molecule has 1 heteroatoms. The van der Waals surface area contributed by atoms with Gasteiger partial charge in [-0.15, -0.1) is 6.58 Å². The van der Waals surface area contributed by atoms with Gasteiger partial charge in [0.25, 0.3) is 0 Å². The Morgan fingerprint density at radius 1 is 1.36 bits per heavy atom. The Labute approximate surface area is 85.8 Å². The van der Waals surface area contributed by atoms with Crippen LogP contribution in [0.1, 0.15) is 24.0 Å². The van der Waals surface area contributed by atoms with Gasteiger partial charge in [-0.1, -0.05) is 30.3 Å². The number of rotatable bonds is 2. The van der Waals surface area contributed by atoms with Crippen LogP contribution in [0.5, 0.6) is 0 Å². The van der Waals surface area contributed by atoms with Crippen LogP contribution in [0.4, 0.5) is 0 Å². The average Bonchev–Trinajstić information content (AvgIpc) is 2.42. The second kappa shape index (κ2) is 4.43. The van der Waals surface area contributed by atoms with Crippen LogP contribution in [0.3, 0.4) is 0 Å². The summed E-state index contributed by atoms with van der Waals surface area (Å²) in [4.78, 5) is 0. The van der Waals surface area contributed by atoms with Crippen LogP contribution in [-0.4, -0.2) is 6.04 Å². The van der Waals surface area contributed by atoms with Gasteiger partial charge in [-0.25, -0.2) is 0 Å². The maximum atomic E-state index is 3.79. The Morgan fingerprint density at radius 3 is 2.93 bits per heavy atom. The third-order valence-corrected chi connectivity index (χ3v) is 2.91. The van der Waals surface area contributed by atoms with Crippen LogP contribution in [0, 0.1) is 0 Å². The first-order valence-electron chi connectivity index (χ1n) is 5.31. The molecule has 0 radical (unpaired) electrons. The van der Waals surface area contributed by atoms with Crippen molar-refractivity contribution in [2.24, 2.45) is 0 Å². The van der Waals surface area contributed by atoms with Gasteiger partial charge in [0.05, 0.1) is 0 Å². The van der Waals surface area contributed by atoms with Crippen LogP contribution in [0.2, 0.25) is 0 Å². The van der Waals surface area contributed by atoms with Gasteiger partial charge in [0.1, 0.15) is 0 Å². The van der Waals surface area contributed by atoms with Crippen LogP contribution in [0.25, 0.3) is 0 Å². The highest BCUT2D eigenvalue weighted by atomic mass is 14.9. The van der Waals surface area contributed by atoms with E-state index in [4.69, 9.17) is 0 Å². The van der Waals surface area contributed by atoms with Gasteiger partial charge in [-0.05, 0) is 30.4 Å². The molecule has 0 saturated heterocycles. The summed E-state index contributed by atoms with van der Waals surface area (Å²) in [5.74, 6) is 0. The lowest BCUT2D eigenvalue weighted by molar-refractivity contribution is 0.501. The van der Waals surface area contributed by atoms with Gasteiger partial charge in [0.2, 0.25) is 0 Å². The molecule has 74 valence electrons. The summed E-state index contributed by atoms with van der Waals surface area (Å²) >= 11 is 0. The maximum absolute atomic E-state index is 3.79. The largest absolute Gasteiger partial charge is 0.310 e. The summed E-state index contributed by atoms with van der Waals surface area (Å²) < 4.78 is 0. The molecule has 1 aromatic carbocycles. The Kier molecular flexibility index (Phi) is 3.00. The van der Waals surface area contributed by atoms with Crippen molar-refractivity contribution in [1.82, 2.24) is 5.32 Å². The predicted octanol–water partition coefficient (Wildman–Crippen LogP) is 2.67. The highest BCUT2D eigenvalue weighted by Crippen LogP contribution is 2.17. The van der Waals surface area contributed by atoms with Gasteiger partial charge in [-0.3, -0.25) is 0 Å². The van der Waals surface area contributed by atoms with E-state index in [0.29, 0.717) is 6.04 Å². The highest BCUT2D eigenvalue weighted by Gasteiger charge is 2.13. The van der Waals surface area contributed by atoms with Gasteiger partial charge < -0.3 is 5.32 Å². The molecule has 0 amide bonds. The summed E-state index contributed by atoms with van der Waals surface area (Å²) in [5.41, 5.74) is 2.96.